The number of hydrogen-bond acceptors (Lipinski definition) is 3. The van der Waals surface area contributed by atoms with Crippen molar-refractivity contribution in [3.8, 4) is 6.07 Å². The molecule has 8 heteroatoms. The van der Waals surface area contributed by atoms with Crippen LogP contribution < -0.4 is 0 Å². The number of nitriles is 1. The van der Waals surface area contributed by atoms with Gasteiger partial charge in [0.1, 0.15) is 0 Å². The first-order chi connectivity index (χ1) is 7.74. The molecule has 0 fully saturated rings. The molecule has 0 aromatic heterocycles. The van der Waals surface area contributed by atoms with E-state index < -0.39 is 0 Å². The summed E-state index contributed by atoms with van der Waals surface area (Å²) in [5.74, 6) is 0. The van der Waals surface area contributed by atoms with Crippen molar-refractivity contribution in [3.63, 3.8) is 0 Å². The van der Waals surface area contributed by atoms with Crippen LogP contribution in [0.15, 0.2) is 24.3 Å². The van der Waals surface area contributed by atoms with E-state index in [2.05, 4.69) is 29.1 Å². The van der Waals surface area contributed by atoms with Gasteiger partial charge in [0.05, 0.1) is 11.6 Å². The van der Waals surface area contributed by atoms with Gasteiger partial charge in [-0.05, 0) is 69.3 Å². The van der Waals surface area contributed by atoms with Gasteiger partial charge < -0.3 is 0 Å². The average molecular weight is 339 g/mol. The van der Waals surface area contributed by atoms with E-state index in [1.165, 1.54) is 21.5 Å². The minimum absolute atomic E-state index is 0.723. The van der Waals surface area contributed by atoms with Crippen LogP contribution in [0, 0.1) is 18.3 Å². The maximum atomic E-state index is 8.38. The van der Waals surface area contributed by atoms with Crippen molar-refractivity contribution in [1.82, 2.24) is 0 Å². The summed E-state index contributed by atoms with van der Waals surface area (Å²) in [6, 6.07) is 9.54. The van der Waals surface area contributed by atoms with Crippen LogP contribution in [0.5, 0.6) is 0 Å². The van der Waals surface area contributed by atoms with E-state index in [9.17, 15) is 0 Å². The maximum absolute atomic E-state index is 8.38. The number of aryl methyl sites for hydroxylation is 1. The Hall–Kier alpha value is 0.410. The molecule has 0 spiro atoms. The Morgan fingerprint density at radius 1 is 1.31 bits per heavy atom. The molecule has 0 radical (unpaired) electrons. The molecule has 0 saturated carbocycles. The lowest BCUT2D eigenvalue weighted by Gasteiger charge is -1.88. The van der Waals surface area contributed by atoms with Crippen LogP contribution in [0.3, 0.4) is 0 Å². The summed E-state index contributed by atoms with van der Waals surface area (Å²) < 4.78 is 0. The molecule has 1 aromatic carbocycles. The average Bonchev–Trinajstić information content (AvgIpc) is 2.32. The third kappa shape index (κ3) is 9.62. The first-order valence-electron chi connectivity index (χ1n) is 3.86. The monoisotopic (exact) mass is 339 g/mol. The Kier molecular flexibility index (Phi) is 12.2. The fourth-order valence-corrected chi connectivity index (χ4v) is 10.3. The zero-order valence-corrected chi connectivity index (χ0v) is 14.1. The molecule has 0 heterocycles. The smallest absolute Gasteiger partial charge is 0.0991 e. The molecule has 0 N–H and O–H groups in total. The van der Waals surface area contributed by atoms with Crippen molar-refractivity contribution in [2.24, 2.45) is 0 Å². The predicted octanol–water partition coefficient (Wildman–Crippen LogP) is 3.58. The Balaban J connectivity index is 0.000000293. The summed E-state index contributed by atoms with van der Waals surface area (Å²) in [5.41, 5.74) is 1.91. The van der Waals surface area contributed by atoms with Crippen LogP contribution in [0.1, 0.15) is 11.1 Å². The molecular weight excluding hydrogens is 332 g/mol. The first-order valence-corrected chi connectivity index (χ1v) is 12.4. The lowest BCUT2D eigenvalue weighted by atomic mass is 10.2. The molecule has 0 bridgehead atoms. The van der Waals surface area contributed by atoms with E-state index in [4.69, 9.17) is 5.26 Å². The zero-order chi connectivity index (χ0) is 12.2. The van der Waals surface area contributed by atoms with E-state index in [0.717, 1.165) is 12.6 Å². The molecule has 0 saturated heterocycles. The summed E-state index contributed by atoms with van der Waals surface area (Å²) in [4.78, 5) is 0. The summed E-state index contributed by atoms with van der Waals surface area (Å²) >= 11 is 9.23. The van der Waals surface area contributed by atoms with Gasteiger partial charge in [-0.25, -0.2) is 0 Å². The Labute approximate surface area is 117 Å². The van der Waals surface area contributed by atoms with Crippen LogP contribution >= 0.6 is 14.1 Å². The van der Waals surface area contributed by atoms with Gasteiger partial charge in [0.25, 0.3) is 0 Å². The lowest BCUT2D eigenvalue weighted by Crippen LogP contribution is -1.72. The molecule has 1 nitrogen and oxygen atoms in total. The van der Waals surface area contributed by atoms with E-state index >= 15 is 0 Å². The van der Waals surface area contributed by atoms with E-state index in [0.29, 0.717) is 0 Å². The van der Waals surface area contributed by atoms with E-state index in [-0.39, 0.29) is 0 Å². The summed E-state index contributed by atoms with van der Waals surface area (Å²) in [7, 11) is 6.83. The second kappa shape index (κ2) is 11.9. The second-order valence-electron chi connectivity index (χ2n) is 2.35. The number of benzene rings is 1. The second-order valence-corrected chi connectivity index (χ2v) is 12.1. The van der Waals surface area contributed by atoms with Crippen LogP contribution in [-0.2, 0) is 50.3 Å². The van der Waals surface area contributed by atoms with Crippen LogP contribution in [0.2, 0.25) is 0 Å². The summed E-state index contributed by atoms with van der Waals surface area (Å²) in [5, 5.41) is 8.38. The largest absolute Gasteiger partial charge is 0.192 e. The highest BCUT2D eigenvalue weighted by Gasteiger charge is 1.84. The Morgan fingerprint density at radius 2 is 1.94 bits per heavy atom. The first kappa shape index (κ1) is 16.4. The SMILES string of the molecule is Cc1ccc(C#N)cc1.S=PP=S=S=S=S. The molecule has 1 rings (SSSR count). The minimum atomic E-state index is 0.723. The molecule has 0 unspecified atom stereocenters. The van der Waals surface area contributed by atoms with Crippen molar-refractivity contribution >= 4 is 64.3 Å². The van der Waals surface area contributed by atoms with Gasteiger partial charge in [-0.15, -0.1) is 0 Å². The third-order valence-corrected chi connectivity index (χ3v) is 11.3. The van der Waals surface area contributed by atoms with Crippen LogP contribution in [0.4, 0.5) is 0 Å². The quantitative estimate of drug-likeness (QED) is 0.731. The van der Waals surface area contributed by atoms with Crippen molar-refractivity contribution < 1.29 is 0 Å². The van der Waals surface area contributed by atoms with Crippen molar-refractivity contribution in [3.05, 3.63) is 35.4 Å². The zero-order valence-electron chi connectivity index (χ0n) is 8.19. The molecule has 0 atom stereocenters. The maximum Gasteiger partial charge on any atom is 0.0991 e. The normalized spacial score (nSPS) is 8.50. The van der Waals surface area contributed by atoms with E-state index in [1.54, 1.807) is 18.4 Å². The van der Waals surface area contributed by atoms with Gasteiger partial charge in [0.2, 0.25) is 0 Å². The van der Waals surface area contributed by atoms with Crippen molar-refractivity contribution in [2.75, 3.05) is 0 Å². The highest BCUT2D eigenvalue weighted by molar-refractivity contribution is 8.63. The standard InChI is InChI=1S/C8H7N.P2S5/c1-7-2-4-8(6-9)5-3-7;3-1-2-5-7-6-4/h2-5H,1H3;. The molecule has 1 aromatic rings. The highest BCUT2D eigenvalue weighted by atomic mass is 33.3. The molecule has 16 heavy (non-hydrogen) atoms. The number of nitrogens with zero attached hydrogens (tertiary/aromatic N) is 1. The topological polar surface area (TPSA) is 23.8 Å². The fraction of sp³-hybridized carbons (Fsp3) is 0.125. The minimum Gasteiger partial charge on any atom is -0.192 e. The highest BCUT2D eigenvalue weighted by Crippen LogP contribution is 2.12. The molecule has 0 aliphatic carbocycles. The lowest BCUT2D eigenvalue weighted by molar-refractivity contribution is 1.43. The molecule has 0 aliphatic heterocycles. The number of rotatable bonds is 1. The summed E-state index contributed by atoms with van der Waals surface area (Å²) in [6.07, 6.45) is 0. The third-order valence-electron chi connectivity index (χ3n) is 1.31. The van der Waals surface area contributed by atoms with Gasteiger partial charge in [-0.2, -0.15) is 5.26 Å². The molecule has 0 amide bonds. The van der Waals surface area contributed by atoms with E-state index in [1.807, 2.05) is 31.2 Å². The van der Waals surface area contributed by atoms with Gasteiger partial charge in [-0.1, -0.05) is 17.7 Å². The van der Waals surface area contributed by atoms with Crippen molar-refractivity contribution in [2.45, 2.75) is 6.92 Å². The van der Waals surface area contributed by atoms with Gasteiger partial charge in [-0.3, -0.25) is 0 Å². The van der Waals surface area contributed by atoms with Gasteiger partial charge in [0.15, 0.2) is 0 Å². The predicted molar refractivity (Wildman–Crippen MR) is 86.6 cm³/mol. The molecule has 84 valence electrons. The van der Waals surface area contributed by atoms with Gasteiger partial charge in [0, 0.05) is 14.1 Å². The Morgan fingerprint density at radius 3 is 2.38 bits per heavy atom. The van der Waals surface area contributed by atoms with Crippen LogP contribution in [0.25, 0.3) is 0 Å². The molecule has 0 aliphatic rings. The fourth-order valence-electron chi connectivity index (χ4n) is 0.668. The van der Waals surface area contributed by atoms with Crippen LogP contribution in [-0.4, -0.2) is 0 Å². The van der Waals surface area contributed by atoms with Crippen molar-refractivity contribution in [1.29, 1.82) is 5.26 Å². The Bertz CT molecular complexity index is 502. The summed E-state index contributed by atoms with van der Waals surface area (Å²) in [6.45, 7) is 2.00. The van der Waals surface area contributed by atoms with Gasteiger partial charge >= 0.3 is 0 Å². The molecular formula is C8H7NP2S5. The number of hydrogen-bond donors (Lipinski definition) is 0.